The molecule has 1 aromatic heterocycles. The van der Waals surface area contributed by atoms with Gasteiger partial charge in [-0.15, -0.1) is 0 Å². The number of nitrogens with zero attached hydrogens (tertiary/aromatic N) is 2. The van der Waals surface area contributed by atoms with E-state index in [2.05, 4.69) is 10.3 Å². The molecule has 1 aliphatic heterocycles. The van der Waals surface area contributed by atoms with E-state index in [4.69, 9.17) is 4.74 Å². The van der Waals surface area contributed by atoms with Crippen LogP contribution in [-0.4, -0.2) is 36.0 Å². The summed E-state index contributed by atoms with van der Waals surface area (Å²) in [6.45, 7) is 2.32. The van der Waals surface area contributed by atoms with Gasteiger partial charge in [0.2, 0.25) is 0 Å². The van der Waals surface area contributed by atoms with Gasteiger partial charge in [-0.25, -0.2) is 4.98 Å². The maximum absolute atomic E-state index is 12.6. The maximum Gasteiger partial charge on any atom is 0.417 e. The van der Waals surface area contributed by atoms with E-state index in [9.17, 15) is 22.8 Å². The fourth-order valence-electron chi connectivity index (χ4n) is 2.94. The highest BCUT2D eigenvalue weighted by molar-refractivity contribution is 5.94. The number of rotatable bonds is 4. The Morgan fingerprint density at radius 3 is 2.46 bits per heavy atom. The molecule has 2 aromatic rings. The normalized spacial score (nSPS) is 16.7. The number of amides is 1. The van der Waals surface area contributed by atoms with Crippen LogP contribution in [0.3, 0.4) is 0 Å². The number of halogens is 3. The van der Waals surface area contributed by atoms with Crippen LogP contribution in [0.5, 0.6) is 5.75 Å². The van der Waals surface area contributed by atoms with Gasteiger partial charge in [0.1, 0.15) is 11.6 Å². The van der Waals surface area contributed by atoms with Crippen LogP contribution >= 0.6 is 0 Å². The third-order valence-corrected chi connectivity index (χ3v) is 4.30. The van der Waals surface area contributed by atoms with Crippen LogP contribution in [0.1, 0.15) is 29.3 Å². The molecule has 9 heteroatoms. The number of nitrogens with one attached hydrogen (secondary N) is 1. The van der Waals surface area contributed by atoms with Gasteiger partial charge in [-0.3, -0.25) is 9.59 Å². The lowest BCUT2D eigenvalue weighted by atomic mass is 10.2. The minimum Gasteiger partial charge on any atom is -0.427 e. The number of pyridine rings is 1. The number of carbonyl (C=O) groups is 2. The average molecular weight is 393 g/mol. The molecule has 28 heavy (non-hydrogen) atoms. The summed E-state index contributed by atoms with van der Waals surface area (Å²) in [7, 11) is 0. The Morgan fingerprint density at radius 1 is 1.18 bits per heavy atom. The number of ether oxygens (including phenoxy) is 1. The molecule has 0 bridgehead atoms. The molecule has 0 radical (unpaired) electrons. The first-order valence-corrected chi connectivity index (χ1v) is 8.60. The van der Waals surface area contributed by atoms with E-state index in [0.717, 1.165) is 12.3 Å². The second-order valence-electron chi connectivity index (χ2n) is 6.43. The van der Waals surface area contributed by atoms with Gasteiger partial charge in [0.15, 0.2) is 0 Å². The van der Waals surface area contributed by atoms with Gasteiger partial charge in [0, 0.05) is 37.8 Å². The van der Waals surface area contributed by atoms with Crippen LogP contribution in [0.4, 0.5) is 19.0 Å². The summed E-state index contributed by atoms with van der Waals surface area (Å²) in [5.74, 6) is 0.0710. The summed E-state index contributed by atoms with van der Waals surface area (Å²) in [5.41, 5.74) is -0.375. The molecule has 1 unspecified atom stereocenters. The molecule has 1 fully saturated rings. The first-order chi connectivity index (χ1) is 13.2. The van der Waals surface area contributed by atoms with Crippen molar-refractivity contribution in [3.05, 3.63) is 53.7 Å². The Kier molecular flexibility index (Phi) is 5.53. The van der Waals surface area contributed by atoms with E-state index in [1.807, 2.05) is 4.90 Å². The van der Waals surface area contributed by atoms with Crippen molar-refractivity contribution in [2.24, 2.45) is 0 Å². The molecule has 0 spiro atoms. The highest BCUT2D eigenvalue weighted by atomic mass is 19.4. The van der Waals surface area contributed by atoms with Gasteiger partial charge in [-0.2, -0.15) is 13.2 Å². The van der Waals surface area contributed by atoms with E-state index < -0.39 is 17.7 Å². The van der Waals surface area contributed by atoms with Gasteiger partial charge in [0.05, 0.1) is 5.56 Å². The number of carbonyl (C=O) groups excluding carboxylic acids is 2. The summed E-state index contributed by atoms with van der Waals surface area (Å²) in [5, 5.41) is 2.89. The highest BCUT2D eigenvalue weighted by Crippen LogP contribution is 2.30. The zero-order valence-corrected chi connectivity index (χ0v) is 15.0. The van der Waals surface area contributed by atoms with E-state index in [1.165, 1.54) is 25.1 Å². The van der Waals surface area contributed by atoms with E-state index in [1.54, 1.807) is 12.1 Å². The Bertz CT molecular complexity index is 851. The zero-order chi connectivity index (χ0) is 20.3. The Labute approximate surface area is 159 Å². The van der Waals surface area contributed by atoms with Crippen molar-refractivity contribution in [3.8, 4) is 5.75 Å². The van der Waals surface area contributed by atoms with E-state index in [0.29, 0.717) is 36.6 Å². The lowest BCUT2D eigenvalue weighted by Crippen LogP contribution is -2.37. The molecule has 1 aromatic carbocycles. The number of benzene rings is 1. The second kappa shape index (κ2) is 7.87. The maximum atomic E-state index is 12.6. The van der Waals surface area contributed by atoms with E-state index in [-0.39, 0.29) is 11.9 Å². The number of hydrogen-bond acceptors (Lipinski definition) is 5. The van der Waals surface area contributed by atoms with Crippen molar-refractivity contribution in [2.45, 2.75) is 25.6 Å². The number of hydrogen-bond donors (Lipinski definition) is 1. The summed E-state index contributed by atoms with van der Waals surface area (Å²) in [6, 6.07) is 8.35. The summed E-state index contributed by atoms with van der Waals surface area (Å²) < 4.78 is 42.8. The zero-order valence-electron chi connectivity index (χ0n) is 15.0. The lowest BCUT2D eigenvalue weighted by Gasteiger charge is -2.18. The van der Waals surface area contributed by atoms with Crippen molar-refractivity contribution in [1.29, 1.82) is 0 Å². The first kappa shape index (κ1) is 19.7. The van der Waals surface area contributed by atoms with Gasteiger partial charge in [0.25, 0.3) is 5.91 Å². The molecular weight excluding hydrogens is 375 g/mol. The third-order valence-electron chi connectivity index (χ3n) is 4.30. The Balaban J connectivity index is 1.57. The molecule has 0 saturated carbocycles. The van der Waals surface area contributed by atoms with Crippen LogP contribution in [0, 0.1) is 0 Å². The molecule has 1 N–H and O–H groups in total. The summed E-state index contributed by atoms with van der Waals surface area (Å²) in [4.78, 5) is 29.0. The SMILES string of the molecule is CC(=O)Oc1ccc(C(=O)NC2CCN(c3ccc(C(F)(F)F)cn3)C2)cc1. The molecule has 1 saturated heterocycles. The first-order valence-electron chi connectivity index (χ1n) is 8.60. The number of anilines is 1. The van der Waals surface area contributed by atoms with Crippen molar-refractivity contribution in [1.82, 2.24) is 10.3 Å². The molecule has 148 valence electrons. The van der Waals surface area contributed by atoms with Crippen LogP contribution in [0.2, 0.25) is 0 Å². The molecule has 0 aliphatic carbocycles. The molecule has 1 amide bonds. The van der Waals surface area contributed by atoms with Crippen LogP contribution in [0.25, 0.3) is 0 Å². The predicted octanol–water partition coefficient (Wildman–Crippen LogP) is 3.03. The standard InChI is InChI=1S/C19H18F3N3O3/c1-12(26)28-16-5-2-13(3-6-16)18(27)24-15-8-9-25(11-15)17-7-4-14(10-23-17)19(20,21)22/h2-7,10,15H,8-9,11H2,1H3,(H,24,27). The number of esters is 1. The smallest absolute Gasteiger partial charge is 0.417 e. The summed E-state index contributed by atoms with van der Waals surface area (Å²) in [6.07, 6.45) is -2.95. The quantitative estimate of drug-likeness (QED) is 0.639. The van der Waals surface area contributed by atoms with Crippen molar-refractivity contribution >= 4 is 17.7 Å². The van der Waals surface area contributed by atoms with Crippen LogP contribution in [0.15, 0.2) is 42.6 Å². The minimum absolute atomic E-state index is 0.148. The molecule has 1 aliphatic rings. The highest BCUT2D eigenvalue weighted by Gasteiger charge is 2.31. The minimum atomic E-state index is -4.42. The van der Waals surface area contributed by atoms with Gasteiger partial charge in [-0.05, 0) is 42.8 Å². The monoisotopic (exact) mass is 393 g/mol. The Morgan fingerprint density at radius 2 is 1.89 bits per heavy atom. The number of alkyl halides is 3. The third kappa shape index (κ3) is 4.79. The fourth-order valence-corrected chi connectivity index (χ4v) is 2.94. The van der Waals surface area contributed by atoms with Crippen molar-refractivity contribution in [3.63, 3.8) is 0 Å². The molecule has 6 nitrogen and oxygen atoms in total. The second-order valence-corrected chi connectivity index (χ2v) is 6.43. The largest absolute Gasteiger partial charge is 0.427 e. The molecule has 2 heterocycles. The Hall–Kier alpha value is -3.10. The van der Waals surface area contributed by atoms with Crippen molar-refractivity contribution in [2.75, 3.05) is 18.0 Å². The molecular formula is C19H18F3N3O3. The van der Waals surface area contributed by atoms with Crippen LogP contribution in [-0.2, 0) is 11.0 Å². The van der Waals surface area contributed by atoms with Crippen molar-refractivity contribution < 1.29 is 27.5 Å². The predicted molar refractivity (Wildman–Crippen MR) is 95.1 cm³/mol. The van der Waals surface area contributed by atoms with Gasteiger partial charge >= 0.3 is 12.1 Å². The topological polar surface area (TPSA) is 71.5 Å². The fraction of sp³-hybridized carbons (Fsp3) is 0.316. The molecule has 1 atom stereocenters. The number of aromatic nitrogens is 1. The molecule has 3 rings (SSSR count). The van der Waals surface area contributed by atoms with Gasteiger partial charge < -0.3 is 15.0 Å². The van der Waals surface area contributed by atoms with Gasteiger partial charge in [-0.1, -0.05) is 0 Å². The summed E-state index contributed by atoms with van der Waals surface area (Å²) >= 11 is 0. The average Bonchev–Trinajstić information content (AvgIpc) is 3.09. The van der Waals surface area contributed by atoms with E-state index >= 15 is 0 Å². The van der Waals surface area contributed by atoms with Crippen LogP contribution < -0.4 is 15.0 Å². The lowest BCUT2D eigenvalue weighted by molar-refractivity contribution is -0.137.